The van der Waals surface area contributed by atoms with Crippen LogP contribution in [0.3, 0.4) is 0 Å². The summed E-state index contributed by atoms with van der Waals surface area (Å²) in [5.41, 5.74) is 3.76. The molecule has 0 saturated carbocycles. The van der Waals surface area contributed by atoms with Crippen molar-refractivity contribution in [3.63, 3.8) is 0 Å². The van der Waals surface area contributed by atoms with Crippen LogP contribution in [0.5, 0.6) is 11.5 Å². The van der Waals surface area contributed by atoms with E-state index in [9.17, 15) is 9.59 Å². The number of Topliss-reactive ketones (excluding diaryl/α,β-unsaturated/α-hetero) is 1. The van der Waals surface area contributed by atoms with Crippen LogP contribution in [0, 0.1) is 5.92 Å². The second-order valence-electron chi connectivity index (χ2n) is 9.42. The lowest BCUT2D eigenvalue weighted by molar-refractivity contribution is -0.151. The van der Waals surface area contributed by atoms with Gasteiger partial charge in [0, 0.05) is 34.3 Å². The molecule has 190 valence electrons. The van der Waals surface area contributed by atoms with Crippen molar-refractivity contribution in [2.24, 2.45) is 10.9 Å². The summed E-state index contributed by atoms with van der Waals surface area (Å²) in [6.07, 6.45) is 1.37. The molecule has 1 aliphatic heterocycles. The largest absolute Gasteiger partial charge is 0.493 e. The zero-order chi connectivity index (χ0) is 26.0. The van der Waals surface area contributed by atoms with E-state index in [0.29, 0.717) is 47.1 Å². The average Bonchev–Trinajstić information content (AvgIpc) is 2.86. The summed E-state index contributed by atoms with van der Waals surface area (Å²) in [6, 6.07) is 13.1. The quantitative estimate of drug-likeness (QED) is 0.411. The molecular formula is C29H32ClNO5. The molecule has 4 atom stereocenters. The van der Waals surface area contributed by atoms with E-state index >= 15 is 0 Å². The van der Waals surface area contributed by atoms with Crippen LogP contribution in [0.1, 0.15) is 63.0 Å². The van der Waals surface area contributed by atoms with Gasteiger partial charge in [-0.2, -0.15) is 0 Å². The molecule has 0 spiro atoms. The maximum atomic E-state index is 13.7. The van der Waals surface area contributed by atoms with Crippen molar-refractivity contribution in [2.45, 2.75) is 58.0 Å². The Morgan fingerprint density at radius 3 is 2.50 bits per heavy atom. The van der Waals surface area contributed by atoms with Gasteiger partial charge < -0.3 is 14.2 Å². The first-order chi connectivity index (χ1) is 17.3. The van der Waals surface area contributed by atoms with Crippen LogP contribution in [0.4, 0.5) is 0 Å². The standard InChI is InChI=1S/C29H32ClNO5/c1-6-16(2)36-29(33)26-17(3)31-22-13-20(18-10-11-24(34-4)25(15-18)35-5)14-23(32)28(22)27(26)19-8-7-9-21(30)12-19/h7-12,15-16,20,26-27H,6,13-14H2,1-5H3/t16-,20+,26?,27+/m0/s1. The van der Waals surface area contributed by atoms with Gasteiger partial charge in [-0.3, -0.25) is 14.6 Å². The zero-order valence-corrected chi connectivity index (χ0v) is 22.1. The smallest absolute Gasteiger partial charge is 0.315 e. The Morgan fingerprint density at radius 1 is 1.08 bits per heavy atom. The first-order valence-corrected chi connectivity index (χ1v) is 12.6. The number of aliphatic imine (C=N–C) groups is 1. The molecule has 1 heterocycles. The van der Waals surface area contributed by atoms with E-state index in [1.54, 1.807) is 20.3 Å². The highest BCUT2D eigenvalue weighted by Gasteiger charge is 2.45. The number of ether oxygens (including phenoxy) is 3. The maximum absolute atomic E-state index is 13.7. The summed E-state index contributed by atoms with van der Waals surface area (Å²) in [6.45, 7) is 5.67. The lowest BCUT2D eigenvalue weighted by atomic mass is 9.69. The molecule has 7 heteroatoms. The van der Waals surface area contributed by atoms with E-state index in [-0.39, 0.29) is 23.8 Å². The van der Waals surface area contributed by atoms with Crippen LogP contribution in [0.25, 0.3) is 0 Å². The van der Waals surface area contributed by atoms with Crippen molar-refractivity contribution in [3.05, 3.63) is 69.9 Å². The highest BCUT2D eigenvalue weighted by molar-refractivity contribution is 6.30. The number of esters is 1. The van der Waals surface area contributed by atoms with Crippen molar-refractivity contribution in [1.29, 1.82) is 0 Å². The van der Waals surface area contributed by atoms with Crippen LogP contribution in [-0.2, 0) is 14.3 Å². The third-order valence-corrected chi connectivity index (χ3v) is 7.36. The molecule has 0 bridgehead atoms. The molecule has 6 nitrogen and oxygen atoms in total. The average molecular weight is 510 g/mol. The van der Waals surface area contributed by atoms with Crippen LogP contribution in [0.2, 0.25) is 5.02 Å². The molecule has 0 amide bonds. The number of benzene rings is 2. The zero-order valence-electron chi connectivity index (χ0n) is 21.3. The molecule has 2 aromatic carbocycles. The number of nitrogens with zero attached hydrogens (tertiary/aromatic N) is 1. The number of methoxy groups -OCH3 is 2. The van der Waals surface area contributed by atoms with Gasteiger partial charge in [0.1, 0.15) is 5.92 Å². The number of ketones is 1. The van der Waals surface area contributed by atoms with Crippen molar-refractivity contribution < 1.29 is 23.8 Å². The van der Waals surface area contributed by atoms with Gasteiger partial charge in [0.05, 0.1) is 20.3 Å². The Kier molecular flexibility index (Phi) is 7.84. The minimum atomic E-state index is -0.683. The highest BCUT2D eigenvalue weighted by Crippen LogP contribution is 2.47. The second-order valence-corrected chi connectivity index (χ2v) is 9.86. The second kappa shape index (κ2) is 10.9. The summed E-state index contributed by atoms with van der Waals surface area (Å²) in [5, 5.41) is 0.551. The molecule has 0 aromatic heterocycles. The molecule has 2 aromatic rings. The highest BCUT2D eigenvalue weighted by atomic mass is 35.5. The van der Waals surface area contributed by atoms with E-state index < -0.39 is 11.8 Å². The summed E-state index contributed by atoms with van der Waals surface area (Å²) < 4.78 is 16.6. The Hall–Kier alpha value is -3.12. The number of hydrogen-bond acceptors (Lipinski definition) is 6. The van der Waals surface area contributed by atoms with E-state index in [4.69, 9.17) is 30.8 Å². The Morgan fingerprint density at radius 2 is 1.83 bits per heavy atom. The predicted molar refractivity (Wildman–Crippen MR) is 140 cm³/mol. The first kappa shape index (κ1) is 26.0. The third kappa shape index (κ3) is 5.05. The molecule has 0 radical (unpaired) electrons. The van der Waals surface area contributed by atoms with Crippen LogP contribution >= 0.6 is 11.6 Å². The Balaban J connectivity index is 1.77. The molecule has 1 aliphatic carbocycles. The molecule has 36 heavy (non-hydrogen) atoms. The molecule has 1 unspecified atom stereocenters. The van der Waals surface area contributed by atoms with Gasteiger partial charge in [0.2, 0.25) is 0 Å². The van der Waals surface area contributed by atoms with Crippen LogP contribution < -0.4 is 9.47 Å². The maximum Gasteiger partial charge on any atom is 0.315 e. The number of rotatable bonds is 7. The van der Waals surface area contributed by atoms with Crippen molar-refractivity contribution in [2.75, 3.05) is 14.2 Å². The number of halogens is 1. The molecule has 0 N–H and O–H groups in total. The summed E-state index contributed by atoms with van der Waals surface area (Å²) in [7, 11) is 3.19. The topological polar surface area (TPSA) is 74.2 Å². The van der Waals surface area contributed by atoms with Crippen molar-refractivity contribution >= 4 is 29.1 Å². The molecule has 4 rings (SSSR count). The summed E-state index contributed by atoms with van der Waals surface area (Å²) in [4.78, 5) is 31.9. The minimum absolute atomic E-state index is 0.0152. The van der Waals surface area contributed by atoms with Crippen molar-refractivity contribution in [1.82, 2.24) is 0 Å². The van der Waals surface area contributed by atoms with Gasteiger partial charge in [0.15, 0.2) is 17.3 Å². The summed E-state index contributed by atoms with van der Waals surface area (Å²) >= 11 is 6.33. The number of carbonyl (C=O) groups is 2. The molecule has 0 fully saturated rings. The fraction of sp³-hybridized carbons (Fsp3) is 0.414. The Labute approximate surface area is 217 Å². The van der Waals surface area contributed by atoms with Gasteiger partial charge >= 0.3 is 5.97 Å². The predicted octanol–water partition coefficient (Wildman–Crippen LogP) is 6.27. The third-order valence-electron chi connectivity index (χ3n) is 7.12. The van der Waals surface area contributed by atoms with E-state index in [0.717, 1.165) is 16.8 Å². The van der Waals surface area contributed by atoms with Gasteiger partial charge in [-0.15, -0.1) is 0 Å². The van der Waals surface area contributed by atoms with E-state index in [1.807, 2.05) is 57.2 Å². The monoisotopic (exact) mass is 509 g/mol. The SMILES string of the molecule is CC[C@H](C)OC(=O)C1C(C)=NC2=C(C(=O)C[C@H](c3ccc(OC)c(OC)c3)C2)[C@@H]1c1cccc(Cl)c1. The van der Waals surface area contributed by atoms with E-state index in [1.165, 1.54) is 0 Å². The van der Waals surface area contributed by atoms with Gasteiger partial charge in [0.25, 0.3) is 0 Å². The van der Waals surface area contributed by atoms with Crippen LogP contribution in [-0.4, -0.2) is 37.8 Å². The van der Waals surface area contributed by atoms with E-state index in [2.05, 4.69) is 0 Å². The lowest BCUT2D eigenvalue weighted by Crippen LogP contribution is -2.39. The number of allylic oxidation sites excluding steroid dienone is 2. The fourth-order valence-corrected chi connectivity index (χ4v) is 5.32. The molecule has 2 aliphatic rings. The van der Waals surface area contributed by atoms with Crippen LogP contribution in [0.15, 0.2) is 58.7 Å². The van der Waals surface area contributed by atoms with Gasteiger partial charge in [-0.25, -0.2) is 0 Å². The van der Waals surface area contributed by atoms with Crippen molar-refractivity contribution in [3.8, 4) is 11.5 Å². The number of hydrogen-bond donors (Lipinski definition) is 0. The Bertz CT molecular complexity index is 1230. The molecular weight excluding hydrogens is 478 g/mol. The summed E-state index contributed by atoms with van der Waals surface area (Å²) in [5.74, 6) is -0.357. The van der Waals surface area contributed by atoms with Gasteiger partial charge in [-0.1, -0.05) is 36.7 Å². The molecule has 0 saturated heterocycles. The minimum Gasteiger partial charge on any atom is -0.493 e. The first-order valence-electron chi connectivity index (χ1n) is 12.3. The normalized spacial score (nSPS) is 22.4. The fourth-order valence-electron chi connectivity index (χ4n) is 5.12. The van der Waals surface area contributed by atoms with Gasteiger partial charge in [-0.05, 0) is 68.0 Å². The lowest BCUT2D eigenvalue weighted by Gasteiger charge is -2.37. The number of carbonyl (C=O) groups excluding carboxylic acids is 2.